The maximum atomic E-state index is 10.4. The normalized spacial score (nSPS) is 46.9. The van der Waals surface area contributed by atoms with E-state index in [4.69, 9.17) is 9.47 Å². The van der Waals surface area contributed by atoms with Crippen LogP contribution >= 0.6 is 0 Å². The van der Waals surface area contributed by atoms with E-state index in [9.17, 15) is 20.4 Å². The predicted molar refractivity (Wildman–Crippen MR) is 110 cm³/mol. The summed E-state index contributed by atoms with van der Waals surface area (Å²) >= 11 is 0. The van der Waals surface area contributed by atoms with Gasteiger partial charge < -0.3 is 29.9 Å². The van der Waals surface area contributed by atoms with Gasteiger partial charge >= 0.3 is 0 Å². The first kappa shape index (κ1) is 23.2. The van der Waals surface area contributed by atoms with Crippen LogP contribution in [0, 0.1) is 29.1 Å². The highest BCUT2D eigenvalue weighted by Gasteiger charge is 2.54. The van der Waals surface area contributed by atoms with E-state index in [-0.39, 0.29) is 11.5 Å². The Hall–Kier alpha value is -0.500. The summed E-state index contributed by atoms with van der Waals surface area (Å²) in [5.41, 5.74) is 0.178. The van der Waals surface area contributed by atoms with E-state index >= 15 is 0 Å². The third kappa shape index (κ3) is 4.58. The number of ether oxygens (including phenoxy) is 2. The second kappa shape index (κ2) is 9.33. The van der Waals surface area contributed by atoms with Crippen molar-refractivity contribution in [3.05, 3.63) is 12.2 Å². The third-order valence-electron chi connectivity index (χ3n) is 7.73. The Kier molecular flexibility index (Phi) is 7.45. The van der Waals surface area contributed by atoms with Gasteiger partial charge in [-0.1, -0.05) is 46.3 Å². The smallest absolute Gasteiger partial charge is 0.186 e. The summed E-state index contributed by atoms with van der Waals surface area (Å²) in [6, 6.07) is 0. The van der Waals surface area contributed by atoms with Crippen molar-refractivity contribution in [3.8, 4) is 0 Å². The quantitative estimate of drug-likeness (QED) is 0.500. The van der Waals surface area contributed by atoms with Crippen LogP contribution < -0.4 is 0 Å². The van der Waals surface area contributed by atoms with E-state index in [1.165, 1.54) is 12.8 Å². The van der Waals surface area contributed by atoms with Gasteiger partial charge in [0.05, 0.1) is 12.7 Å². The average Bonchev–Trinajstić information content (AvgIpc) is 3.04. The molecule has 0 amide bonds. The van der Waals surface area contributed by atoms with Crippen LogP contribution in [0.15, 0.2) is 12.2 Å². The van der Waals surface area contributed by atoms with Crippen molar-refractivity contribution in [2.24, 2.45) is 29.1 Å². The summed E-state index contributed by atoms with van der Waals surface area (Å²) in [6.07, 6.45) is 3.98. The molecule has 10 atom stereocenters. The van der Waals surface area contributed by atoms with Crippen LogP contribution in [0.5, 0.6) is 0 Å². The van der Waals surface area contributed by atoms with E-state index in [2.05, 4.69) is 39.8 Å². The van der Waals surface area contributed by atoms with Crippen molar-refractivity contribution >= 4 is 0 Å². The molecule has 6 heteroatoms. The molecule has 1 aliphatic heterocycles. The van der Waals surface area contributed by atoms with Crippen molar-refractivity contribution in [3.63, 3.8) is 0 Å². The molecule has 0 bridgehead atoms. The molecule has 1 heterocycles. The summed E-state index contributed by atoms with van der Waals surface area (Å²) < 4.78 is 11.8. The predicted octanol–water partition coefficient (Wildman–Crippen LogP) is 2.24. The summed E-state index contributed by atoms with van der Waals surface area (Å²) in [6.45, 7) is 8.68. The Morgan fingerprint density at radius 3 is 2.41 bits per heavy atom. The van der Waals surface area contributed by atoms with Gasteiger partial charge in [-0.2, -0.15) is 0 Å². The lowest BCUT2D eigenvalue weighted by Crippen LogP contribution is -2.60. The molecule has 0 aromatic carbocycles. The first-order valence-corrected chi connectivity index (χ1v) is 11.3. The molecule has 0 aromatic rings. The Balaban J connectivity index is 1.71. The van der Waals surface area contributed by atoms with Crippen LogP contribution in [0.1, 0.15) is 59.8 Å². The summed E-state index contributed by atoms with van der Waals surface area (Å²) in [5, 5.41) is 39.9. The molecule has 6 nitrogen and oxygen atoms in total. The molecule has 2 saturated carbocycles. The number of fused-ring (bicyclic) bond motifs is 1. The zero-order valence-electron chi connectivity index (χ0n) is 18.3. The molecule has 3 rings (SSSR count). The summed E-state index contributed by atoms with van der Waals surface area (Å²) in [5.74, 6) is 2.04. The molecule has 0 aromatic heterocycles. The number of hydrogen-bond acceptors (Lipinski definition) is 6. The van der Waals surface area contributed by atoms with Gasteiger partial charge in [0.15, 0.2) is 6.29 Å². The standard InChI is InChI=1S/C23H40O6/c1-13(2)7-8-14(3)15-9-10-16-17(6-5-11-23(15,16)4)28-22-21(27)20(26)19(25)18(12-24)29-22/h7-8,13-22,24-27H,5-6,9-12H2,1-4H3/b8-7+/t14-,15?,16?,17+,18-,19+,20+,21-,22+,23-/m1/s1. The van der Waals surface area contributed by atoms with Crippen LogP contribution in [0.2, 0.25) is 0 Å². The molecule has 4 N–H and O–H groups in total. The van der Waals surface area contributed by atoms with Crippen LogP contribution in [0.25, 0.3) is 0 Å². The summed E-state index contributed by atoms with van der Waals surface area (Å²) in [4.78, 5) is 0. The number of aliphatic hydroxyl groups excluding tert-OH is 4. The van der Waals surface area contributed by atoms with Gasteiger partial charge in [0.2, 0.25) is 0 Å². The highest BCUT2D eigenvalue weighted by Crippen LogP contribution is 2.58. The molecule has 168 valence electrons. The van der Waals surface area contributed by atoms with E-state index in [1.807, 2.05) is 0 Å². The average molecular weight is 413 g/mol. The lowest BCUT2D eigenvalue weighted by atomic mass is 9.61. The van der Waals surface area contributed by atoms with Crippen molar-refractivity contribution in [2.45, 2.75) is 96.6 Å². The maximum Gasteiger partial charge on any atom is 0.186 e. The molecule has 3 fully saturated rings. The van der Waals surface area contributed by atoms with Crippen LogP contribution in [-0.2, 0) is 9.47 Å². The van der Waals surface area contributed by atoms with Gasteiger partial charge in [-0.3, -0.25) is 0 Å². The Morgan fingerprint density at radius 1 is 1.03 bits per heavy atom. The molecule has 1 saturated heterocycles. The lowest BCUT2D eigenvalue weighted by Gasteiger charge is -2.48. The van der Waals surface area contributed by atoms with Gasteiger partial charge in [0.25, 0.3) is 0 Å². The minimum absolute atomic E-state index is 0.0542. The van der Waals surface area contributed by atoms with E-state index in [0.717, 1.165) is 19.3 Å². The molecule has 3 aliphatic rings. The molecule has 2 aliphatic carbocycles. The van der Waals surface area contributed by atoms with E-state index in [1.54, 1.807) is 0 Å². The van der Waals surface area contributed by atoms with Crippen LogP contribution in [0.4, 0.5) is 0 Å². The fourth-order valence-electron chi connectivity index (χ4n) is 6.07. The van der Waals surface area contributed by atoms with Gasteiger partial charge in [-0.05, 0) is 54.8 Å². The SMILES string of the molecule is CC(C)/C=C/[C@@H](C)C1CCC2[C@@H](O[C@H]3O[C@H](CO)[C@H](O)[C@H](O)[C@H]3O)CCC[C@]12C. The highest BCUT2D eigenvalue weighted by molar-refractivity contribution is 5.06. The number of aliphatic hydroxyl groups is 4. The van der Waals surface area contributed by atoms with Crippen LogP contribution in [0.3, 0.4) is 0 Å². The second-order valence-electron chi connectivity index (χ2n) is 10.0. The molecular weight excluding hydrogens is 372 g/mol. The van der Waals surface area contributed by atoms with Crippen molar-refractivity contribution < 1.29 is 29.9 Å². The van der Waals surface area contributed by atoms with Gasteiger partial charge in [0, 0.05) is 0 Å². The molecule has 0 spiro atoms. The molecule has 0 radical (unpaired) electrons. The zero-order valence-corrected chi connectivity index (χ0v) is 18.3. The maximum absolute atomic E-state index is 10.4. The molecular formula is C23H40O6. The van der Waals surface area contributed by atoms with Crippen molar-refractivity contribution in [2.75, 3.05) is 6.61 Å². The van der Waals surface area contributed by atoms with Gasteiger partial charge in [-0.25, -0.2) is 0 Å². The Labute approximate surface area is 174 Å². The minimum Gasteiger partial charge on any atom is -0.394 e. The topological polar surface area (TPSA) is 99.4 Å². The lowest BCUT2D eigenvalue weighted by molar-refractivity contribution is -0.319. The molecule has 2 unspecified atom stereocenters. The highest BCUT2D eigenvalue weighted by atomic mass is 16.7. The third-order valence-corrected chi connectivity index (χ3v) is 7.73. The fourth-order valence-corrected chi connectivity index (χ4v) is 6.07. The van der Waals surface area contributed by atoms with Crippen molar-refractivity contribution in [1.82, 2.24) is 0 Å². The Morgan fingerprint density at radius 2 is 1.76 bits per heavy atom. The monoisotopic (exact) mass is 412 g/mol. The van der Waals surface area contributed by atoms with Crippen molar-refractivity contribution in [1.29, 1.82) is 0 Å². The number of allylic oxidation sites excluding steroid dienone is 2. The van der Waals surface area contributed by atoms with Gasteiger partial charge in [0.1, 0.15) is 24.4 Å². The fraction of sp³-hybridized carbons (Fsp3) is 0.913. The van der Waals surface area contributed by atoms with E-state index < -0.39 is 37.3 Å². The minimum atomic E-state index is -1.39. The largest absolute Gasteiger partial charge is 0.394 e. The number of rotatable bonds is 6. The number of hydrogen-bond donors (Lipinski definition) is 4. The van der Waals surface area contributed by atoms with Crippen LogP contribution in [-0.4, -0.2) is 63.8 Å². The molecule has 29 heavy (non-hydrogen) atoms. The second-order valence-corrected chi connectivity index (χ2v) is 10.0. The first-order valence-electron chi connectivity index (χ1n) is 11.3. The van der Waals surface area contributed by atoms with Gasteiger partial charge in [-0.15, -0.1) is 0 Å². The zero-order chi connectivity index (χ0) is 21.3. The summed E-state index contributed by atoms with van der Waals surface area (Å²) in [7, 11) is 0. The van der Waals surface area contributed by atoms with E-state index in [0.29, 0.717) is 23.7 Å². The first-order chi connectivity index (χ1) is 13.7. The Bertz CT molecular complexity index is 564.